The van der Waals surface area contributed by atoms with Crippen molar-refractivity contribution in [2.45, 2.75) is 19.8 Å². The molecule has 4 rings (SSSR count). The predicted octanol–water partition coefficient (Wildman–Crippen LogP) is 2.98. The van der Waals surface area contributed by atoms with E-state index in [1.165, 1.54) is 0 Å². The van der Waals surface area contributed by atoms with Crippen LogP contribution in [0.2, 0.25) is 5.02 Å². The van der Waals surface area contributed by atoms with E-state index in [1.807, 2.05) is 24.3 Å². The smallest absolute Gasteiger partial charge is 0.253 e. The predicted molar refractivity (Wildman–Crippen MR) is 196 cm³/mol. The van der Waals surface area contributed by atoms with Gasteiger partial charge in [0, 0.05) is 74.0 Å². The maximum Gasteiger partial charge on any atom is 0.253 e. The first kappa shape index (κ1) is 39.2. The monoisotopic (exact) mass is 714 g/mol. The van der Waals surface area contributed by atoms with Crippen LogP contribution in [0.3, 0.4) is 0 Å². The number of carbonyl (C=O) groups is 1. The number of halogens is 1. The van der Waals surface area contributed by atoms with E-state index in [0.717, 1.165) is 68.1 Å². The Morgan fingerprint density at radius 1 is 0.840 bits per heavy atom. The van der Waals surface area contributed by atoms with Gasteiger partial charge in [-0.3, -0.25) is 9.69 Å². The minimum atomic E-state index is -0.102. The Labute approximate surface area is 299 Å². The molecule has 1 aliphatic heterocycles. The van der Waals surface area contributed by atoms with Gasteiger partial charge in [0.1, 0.15) is 0 Å². The van der Waals surface area contributed by atoms with Gasteiger partial charge in [-0.2, -0.15) is 4.99 Å². The number of carbonyl (C=O) groups excluding carboxylic acids is 1. The SMILES string of the molecule is CCCOCCOCCC(=O)NCCOCCOCCOCCN1CCN(c2cccc(-c3nc(N=C(N)N)nc4ccc(Cl)cc34)c2)CC1. The molecule has 3 aromatic rings. The molecular weight excluding hydrogens is 664 g/mol. The Morgan fingerprint density at radius 3 is 2.24 bits per heavy atom. The molecule has 1 amide bonds. The molecule has 1 aliphatic rings. The number of rotatable bonds is 23. The van der Waals surface area contributed by atoms with Crippen molar-refractivity contribution in [3.05, 3.63) is 47.5 Å². The van der Waals surface area contributed by atoms with Crippen LogP contribution in [-0.2, 0) is 28.5 Å². The molecule has 274 valence electrons. The van der Waals surface area contributed by atoms with E-state index in [0.29, 0.717) is 83.0 Å². The third kappa shape index (κ3) is 13.9. The van der Waals surface area contributed by atoms with Crippen LogP contribution in [0.25, 0.3) is 22.2 Å². The number of guanidine groups is 1. The fraction of sp³-hybridized carbons (Fsp3) is 0.543. The lowest BCUT2D eigenvalue weighted by Gasteiger charge is -2.36. The molecule has 2 aromatic carbocycles. The van der Waals surface area contributed by atoms with Crippen LogP contribution in [0.4, 0.5) is 11.6 Å². The number of nitrogens with zero attached hydrogens (tertiary/aromatic N) is 5. The topological polar surface area (TPSA) is 172 Å². The normalized spacial score (nSPS) is 13.5. The fourth-order valence-corrected chi connectivity index (χ4v) is 5.44. The number of piperazine rings is 1. The van der Waals surface area contributed by atoms with Gasteiger partial charge in [-0.15, -0.1) is 0 Å². The lowest BCUT2D eigenvalue weighted by atomic mass is 10.1. The zero-order valence-electron chi connectivity index (χ0n) is 29.0. The summed E-state index contributed by atoms with van der Waals surface area (Å²) in [6.45, 7) is 12.3. The van der Waals surface area contributed by atoms with Gasteiger partial charge in [0.05, 0.1) is 70.7 Å². The van der Waals surface area contributed by atoms with E-state index < -0.39 is 0 Å². The Hall–Kier alpha value is -3.63. The van der Waals surface area contributed by atoms with Gasteiger partial charge in [0.25, 0.3) is 5.95 Å². The van der Waals surface area contributed by atoms with Crippen molar-refractivity contribution in [1.82, 2.24) is 20.2 Å². The highest BCUT2D eigenvalue weighted by molar-refractivity contribution is 6.31. The standard InChI is InChI=1S/C35H51ClN8O6/c1-2-15-46-19-20-47-16-8-32(45)39-9-17-48-21-23-50-24-22-49-18-14-43-10-12-44(13-11-43)29-5-3-4-27(25-29)33-30-26-28(36)6-7-31(30)40-35(41-33)42-34(37)38/h3-7,25-26H,2,8-24H2,1H3,(H,39,45)(H4,37,38,40,41,42). The van der Waals surface area contributed by atoms with Crippen molar-refractivity contribution in [3.8, 4) is 11.3 Å². The van der Waals surface area contributed by atoms with Crippen LogP contribution in [0.15, 0.2) is 47.5 Å². The van der Waals surface area contributed by atoms with E-state index in [2.05, 4.69) is 49.1 Å². The van der Waals surface area contributed by atoms with Crippen molar-refractivity contribution < 1.29 is 28.5 Å². The Balaban J connectivity index is 1.05. The van der Waals surface area contributed by atoms with Crippen molar-refractivity contribution in [2.24, 2.45) is 16.5 Å². The Morgan fingerprint density at radius 2 is 1.52 bits per heavy atom. The second kappa shape index (κ2) is 22.2. The minimum Gasteiger partial charge on any atom is -0.379 e. The maximum absolute atomic E-state index is 11.8. The molecule has 0 radical (unpaired) electrons. The maximum atomic E-state index is 11.8. The van der Waals surface area contributed by atoms with E-state index in [-0.39, 0.29) is 17.8 Å². The number of anilines is 1. The van der Waals surface area contributed by atoms with Crippen molar-refractivity contribution >= 4 is 46.0 Å². The first-order valence-corrected chi connectivity index (χ1v) is 17.6. The van der Waals surface area contributed by atoms with Crippen LogP contribution >= 0.6 is 11.6 Å². The molecule has 50 heavy (non-hydrogen) atoms. The third-order valence-electron chi connectivity index (χ3n) is 7.79. The van der Waals surface area contributed by atoms with Crippen LogP contribution in [0.5, 0.6) is 0 Å². The number of fused-ring (bicyclic) bond motifs is 1. The molecule has 0 atom stereocenters. The van der Waals surface area contributed by atoms with Crippen LogP contribution in [0.1, 0.15) is 19.8 Å². The second-order valence-corrected chi connectivity index (χ2v) is 12.0. The van der Waals surface area contributed by atoms with Gasteiger partial charge < -0.3 is 45.4 Å². The minimum absolute atomic E-state index is 0.0519. The van der Waals surface area contributed by atoms with Gasteiger partial charge in [0.15, 0.2) is 5.96 Å². The molecule has 1 aromatic heterocycles. The summed E-state index contributed by atoms with van der Waals surface area (Å²) in [6, 6.07) is 13.8. The summed E-state index contributed by atoms with van der Waals surface area (Å²) >= 11 is 6.32. The molecule has 1 fully saturated rings. The van der Waals surface area contributed by atoms with E-state index in [4.69, 9.17) is 46.8 Å². The zero-order chi connectivity index (χ0) is 35.4. The van der Waals surface area contributed by atoms with Crippen LogP contribution < -0.4 is 21.7 Å². The molecule has 15 heteroatoms. The first-order chi connectivity index (χ1) is 24.4. The van der Waals surface area contributed by atoms with Gasteiger partial charge in [-0.05, 0) is 36.8 Å². The number of ether oxygens (including phenoxy) is 5. The van der Waals surface area contributed by atoms with Crippen molar-refractivity contribution in [2.75, 3.05) is 110 Å². The average molecular weight is 715 g/mol. The quantitative estimate of drug-likeness (QED) is 0.0746. The van der Waals surface area contributed by atoms with E-state index in [9.17, 15) is 4.79 Å². The highest BCUT2D eigenvalue weighted by Gasteiger charge is 2.18. The summed E-state index contributed by atoms with van der Waals surface area (Å²) in [6.07, 6.45) is 1.31. The summed E-state index contributed by atoms with van der Waals surface area (Å²) < 4.78 is 27.6. The van der Waals surface area contributed by atoms with Gasteiger partial charge in [-0.1, -0.05) is 30.7 Å². The summed E-state index contributed by atoms with van der Waals surface area (Å²) in [7, 11) is 0. The summed E-state index contributed by atoms with van der Waals surface area (Å²) in [4.78, 5) is 29.8. The molecule has 0 spiro atoms. The molecule has 0 bridgehead atoms. The third-order valence-corrected chi connectivity index (χ3v) is 8.03. The lowest BCUT2D eigenvalue weighted by Crippen LogP contribution is -2.47. The number of hydrogen-bond acceptors (Lipinski definition) is 11. The molecule has 0 unspecified atom stereocenters. The summed E-state index contributed by atoms with van der Waals surface area (Å²) in [5.74, 6) is 0.0478. The first-order valence-electron chi connectivity index (χ1n) is 17.2. The highest BCUT2D eigenvalue weighted by Crippen LogP contribution is 2.32. The number of nitrogens with two attached hydrogens (primary N) is 2. The number of hydrogen-bond donors (Lipinski definition) is 3. The van der Waals surface area contributed by atoms with Gasteiger partial charge >= 0.3 is 0 Å². The average Bonchev–Trinajstić information content (AvgIpc) is 3.11. The van der Waals surface area contributed by atoms with Crippen LogP contribution in [-0.4, -0.2) is 132 Å². The largest absolute Gasteiger partial charge is 0.379 e. The molecule has 0 saturated carbocycles. The molecule has 1 saturated heterocycles. The Kier molecular flexibility index (Phi) is 17.4. The van der Waals surface area contributed by atoms with Gasteiger partial charge in [0.2, 0.25) is 5.91 Å². The summed E-state index contributed by atoms with van der Waals surface area (Å²) in [5.41, 5.74) is 14.7. The molecule has 2 heterocycles. The number of benzene rings is 2. The fourth-order valence-electron chi connectivity index (χ4n) is 5.27. The Bertz CT molecular complexity index is 1490. The lowest BCUT2D eigenvalue weighted by molar-refractivity contribution is -0.122. The number of nitrogens with one attached hydrogen (secondary N) is 1. The molecular formula is C35H51ClN8O6. The highest BCUT2D eigenvalue weighted by atomic mass is 35.5. The van der Waals surface area contributed by atoms with Gasteiger partial charge in [-0.25, -0.2) is 9.97 Å². The second-order valence-electron chi connectivity index (χ2n) is 11.6. The van der Waals surface area contributed by atoms with Crippen LogP contribution in [0, 0.1) is 0 Å². The molecule has 14 nitrogen and oxygen atoms in total. The van der Waals surface area contributed by atoms with E-state index in [1.54, 1.807) is 6.07 Å². The number of aromatic nitrogens is 2. The number of aliphatic imine (C=N–C) groups is 1. The van der Waals surface area contributed by atoms with Crippen molar-refractivity contribution in [1.29, 1.82) is 0 Å². The zero-order valence-corrected chi connectivity index (χ0v) is 29.7. The molecule has 5 N–H and O–H groups in total. The molecule has 0 aliphatic carbocycles. The van der Waals surface area contributed by atoms with Crippen molar-refractivity contribution in [3.63, 3.8) is 0 Å². The van der Waals surface area contributed by atoms with E-state index >= 15 is 0 Å². The number of amides is 1. The summed E-state index contributed by atoms with van der Waals surface area (Å²) in [5, 5.41) is 4.24.